The summed E-state index contributed by atoms with van der Waals surface area (Å²) >= 11 is 0. The van der Waals surface area contributed by atoms with Crippen LogP contribution in [0.3, 0.4) is 0 Å². The van der Waals surface area contributed by atoms with E-state index in [1.807, 2.05) is 0 Å². The van der Waals surface area contributed by atoms with Crippen LogP contribution in [-0.2, 0) is 13.3 Å². The monoisotopic (exact) mass is 694 g/mol. The van der Waals surface area contributed by atoms with Crippen molar-refractivity contribution in [2.24, 2.45) is 0 Å². The Morgan fingerprint density at radius 3 is 1.12 bits per heavy atom. The third-order valence-electron chi connectivity index (χ3n) is 6.58. The van der Waals surface area contributed by atoms with Gasteiger partial charge in [0.2, 0.25) is 0 Å². The molecular weight excluding hydrogens is 663 g/mol. The van der Waals surface area contributed by atoms with Gasteiger partial charge < -0.3 is 13.3 Å². The lowest BCUT2D eigenvalue weighted by Crippen LogP contribution is -2.73. The number of halogens is 17. The number of rotatable bonds is 19. The Hall–Kier alpha value is -1.09. The highest BCUT2D eigenvalue weighted by molar-refractivity contribution is 6.60. The van der Waals surface area contributed by atoms with Gasteiger partial charge in [-0.05, 0) is 26.7 Å². The van der Waals surface area contributed by atoms with E-state index >= 15 is 0 Å². The van der Waals surface area contributed by atoms with Crippen LogP contribution in [0.1, 0.15) is 66.7 Å². The van der Waals surface area contributed by atoms with Crippen LogP contribution in [-0.4, -0.2) is 75.3 Å². The fraction of sp³-hybridized carbons (Fsp3) is 1.00. The summed E-state index contributed by atoms with van der Waals surface area (Å²) in [6.07, 6.45) is -16.3. The molecule has 0 heterocycles. The van der Waals surface area contributed by atoms with E-state index in [0.29, 0.717) is 0 Å². The van der Waals surface area contributed by atoms with Crippen LogP contribution < -0.4 is 0 Å². The molecule has 0 atom stereocenters. The molecule has 0 fully saturated rings. The Kier molecular flexibility index (Phi) is 13.0. The van der Waals surface area contributed by atoms with Crippen molar-refractivity contribution in [3.63, 3.8) is 0 Å². The minimum absolute atomic E-state index is 0.211. The maximum absolute atomic E-state index is 14.9. The Labute approximate surface area is 236 Å². The zero-order chi connectivity index (χ0) is 34.8. The second-order valence-corrected chi connectivity index (χ2v) is 12.3. The van der Waals surface area contributed by atoms with Gasteiger partial charge in [0.1, 0.15) is 0 Å². The molecule has 21 heteroatoms. The fourth-order valence-electron chi connectivity index (χ4n) is 3.85. The highest BCUT2D eigenvalue weighted by Crippen LogP contribution is 2.63. The van der Waals surface area contributed by atoms with Gasteiger partial charge in [-0.2, -0.15) is 74.6 Å². The Balaban J connectivity index is 6.84. The van der Waals surface area contributed by atoms with E-state index in [0.717, 1.165) is 13.8 Å². The smallest absolute Gasteiger partial charge is 0.374 e. The molecule has 0 amide bonds. The highest BCUT2D eigenvalue weighted by atomic mass is 28.4. The first-order chi connectivity index (χ1) is 18.9. The van der Waals surface area contributed by atoms with Crippen molar-refractivity contribution < 1.29 is 87.9 Å². The van der Waals surface area contributed by atoms with E-state index in [1.165, 1.54) is 20.8 Å². The van der Waals surface area contributed by atoms with Crippen LogP contribution in [0.2, 0.25) is 6.04 Å². The molecule has 0 aliphatic rings. The van der Waals surface area contributed by atoms with Crippen LogP contribution in [0, 0.1) is 0 Å². The maximum Gasteiger partial charge on any atom is 0.501 e. The van der Waals surface area contributed by atoms with Gasteiger partial charge in [-0.1, -0.05) is 20.8 Å². The zero-order valence-electron chi connectivity index (χ0n) is 23.3. The van der Waals surface area contributed by atoms with Gasteiger partial charge in [0.25, 0.3) is 0 Å². The molecule has 0 rings (SSSR count). The first-order valence-corrected chi connectivity index (χ1v) is 14.5. The van der Waals surface area contributed by atoms with Gasteiger partial charge in [0.15, 0.2) is 0 Å². The van der Waals surface area contributed by atoms with Crippen molar-refractivity contribution >= 4 is 8.80 Å². The largest absolute Gasteiger partial charge is 0.501 e. The average Bonchev–Trinajstić information content (AvgIpc) is 2.86. The second kappa shape index (κ2) is 13.3. The van der Waals surface area contributed by atoms with Gasteiger partial charge in [-0.25, -0.2) is 0 Å². The summed E-state index contributed by atoms with van der Waals surface area (Å²) in [4.78, 5) is 0. The molecule has 0 aliphatic carbocycles. The minimum atomic E-state index is -8.39. The summed E-state index contributed by atoms with van der Waals surface area (Å²) in [5, 5.41) is 0. The van der Waals surface area contributed by atoms with E-state index in [4.69, 9.17) is 13.3 Å². The first kappa shape index (κ1) is 41.9. The van der Waals surface area contributed by atoms with Crippen LogP contribution in [0.15, 0.2) is 0 Å². The average molecular weight is 695 g/mol. The Morgan fingerprint density at radius 1 is 0.465 bits per heavy atom. The molecule has 0 radical (unpaired) electrons. The molecule has 0 spiro atoms. The van der Waals surface area contributed by atoms with E-state index in [-0.39, 0.29) is 19.3 Å². The molecule has 0 unspecified atom stereocenters. The number of alkyl halides is 17. The first-order valence-electron chi connectivity index (χ1n) is 12.6. The maximum atomic E-state index is 14.9. The van der Waals surface area contributed by atoms with Crippen molar-refractivity contribution in [1.82, 2.24) is 0 Å². The SMILES string of the molecule is CCO[Si](CC)(OCC)OC(CC)(CC)CC(F)(F)C(F)(F)C(F)(F)C(F)(F)C(F)(F)C(F)(F)C(F)(F)CCC(F)(F)F. The van der Waals surface area contributed by atoms with Crippen molar-refractivity contribution in [1.29, 1.82) is 0 Å². The van der Waals surface area contributed by atoms with Crippen molar-refractivity contribution in [2.75, 3.05) is 13.2 Å². The lowest BCUT2D eigenvalue weighted by molar-refractivity contribution is -0.443. The van der Waals surface area contributed by atoms with Crippen molar-refractivity contribution in [3.8, 4) is 0 Å². The molecule has 0 bridgehead atoms. The topological polar surface area (TPSA) is 27.7 Å². The molecule has 0 N–H and O–H groups in total. The summed E-state index contributed by atoms with van der Waals surface area (Å²) in [5.41, 5.74) is -2.66. The molecule has 0 aromatic carbocycles. The quantitative estimate of drug-likeness (QED) is 0.0996. The normalized spacial score (nSPS) is 15.8. The lowest BCUT2D eigenvalue weighted by Gasteiger charge is -2.45. The molecule has 3 nitrogen and oxygen atoms in total. The van der Waals surface area contributed by atoms with E-state index in [1.54, 1.807) is 0 Å². The molecule has 260 valence electrons. The highest BCUT2D eigenvalue weighted by Gasteiger charge is 2.92. The molecule has 0 aromatic rings. The summed E-state index contributed by atoms with van der Waals surface area (Å²) < 4.78 is 252. The lowest BCUT2D eigenvalue weighted by atomic mass is 9.83. The van der Waals surface area contributed by atoms with Crippen molar-refractivity contribution in [3.05, 3.63) is 0 Å². The second-order valence-electron chi connectivity index (χ2n) is 9.47. The molecule has 0 saturated carbocycles. The predicted molar refractivity (Wildman–Crippen MR) is 118 cm³/mol. The third-order valence-corrected chi connectivity index (χ3v) is 9.65. The summed E-state index contributed by atoms with van der Waals surface area (Å²) in [6.45, 7) is 5.64. The minimum Gasteiger partial charge on any atom is -0.374 e. The molecular formula is C22H31F17O3Si. The van der Waals surface area contributed by atoms with Gasteiger partial charge in [-0.3, -0.25) is 0 Å². The van der Waals surface area contributed by atoms with E-state index < -0.39 is 94.1 Å². The van der Waals surface area contributed by atoms with Gasteiger partial charge in [-0.15, -0.1) is 0 Å². The van der Waals surface area contributed by atoms with Gasteiger partial charge in [0, 0.05) is 38.5 Å². The fourth-order valence-corrected chi connectivity index (χ4v) is 6.50. The molecule has 0 aromatic heterocycles. The number of hydrogen-bond donors (Lipinski definition) is 0. The zero-order valence-corrected chi connectivity index (χ0v) is 24.3. The molecule has 0 aliphatic heterocycles. The van der Waals surface area contributed by atoms with Crippen LogP contribution in [0.25, 0.3) is 0 Å². The van der Waals surface area contributed by atoms with Crippen molar-refractivity contribution in [2.45, 2.75) is 126 Å². The Morgan fingerprint density at radius 2 is 0.814 bits per heavy atom. The number of hydrogen-bond acceptors (Lipinski definition) is 3. The summed E-state index contributed by atoms with van der Waals surface area (Å²) in [7, 11) is -4.08. The predicted octanol–water partition coefficient (Wildman–Crippen LogP) is 9.77. The standard InChI is InChI=1S/C22H31F17O3Si/c1-6-14(7-2,42-43(10-5,40-8-3)41-9-4)13-16(25,26)19(32,33)21(36,37)22(38,39)20(34,35)18(30,31)15(23,24)11-12-17(27,28)29/h6-13H2,1-5H3. The molecule has 43 heavy (non-hydrogen) atoms. The van der Waals surface area contributed by atoms with Gasteiger partial charge >= 0.3 is 56.4 Å². The third kappa shape index (κ3) is 7.83. The van der Waals surface area contributed by atoms with Crippen LogP contribution in [0.4, 0.5) is 74.6 Å². The van der Waals surface area contributed by atoms with E-state index in [2.05, 4.69) is 0 Å². The van der Waals surface area contributed by atoms with E-state index in [9.17, 15) is 74.6 Å². The molecule has 0 saturated heterocycles. The van der Waals surface area contributed by atoms with Gasteiger partial charge in [0.05, 0.1) is 5.60 Å². The summed E-state index contributed by atoms with van der Waals surface area (Å²) in [6, 6.07) is -0.226. The van der Waals surface area contributed by atoms with Crippen LogP contribution >= 0.6 is 0 Å². The summed E-state index contributed by atoms with van der Waals surface area (Å²) in [5.74, 6) is -53.8. The Bertz CT molecular complexity index is 883. The van der Waals surface area contributed by atoms with Crippen LogP contribution in [0.5, 0.6) is 0 Å².